The van der Waals surface area contributed by atoms with Crippen molar-refractivity contribution >= 4 is 28.9 Å². The van der Waals surface area contributed by atoms with Crippen LogP contribution in [-0.4, -0.2) is 33.7 Å². The number of halogens is 1. The smallest absolute Gasteiger partial charge is 0.149 e. The third-order valence-corrected chi connectivity index (χ3v) is 4.13. The highest BCUT2D eigenvalue weighted by molar-refractivity contribution is 6.25. The summed E-state index contributed by atoms with van der Waals surface area (Å²) in [6, 6.07) is 1.85. The Morgan fingerprint density at radius 1 is 1.48 bits per heavy atom. The molecule has 0 aromatic carbocycles. The van der Waals surface area contributed by atoms with Gasteiger partial charge in [-0.15, -0.1) is 0 Å². The average Bonchev–Trinajstić information content (AvgIpc) is 2.95. The molecule has 6 nitrogen and oxygen atoms in total. The van der Waals surface area contributed by atoms with E-state index < -0.39 is 5.92 Å². The molecule has 0 radical (unpaired) electrons. The predicted molar refractivity (Wildman–Crippen MR) is 87.4 cm³/mol. The molecule has 0 spiro atoms. The van der Waals surface area contributed by atoms with E-state index >= 15 is 0 Å². The van der Waals surface area contributed by atoms with Gasteiger partial charge in [0.15, 0.2) is 0 Å². The van der Waals surface area contributed by atoms with Gasteiger partial charge in [-0.3, -0.25) is 14.3 Å². The van der Waals surface area contributed by atoms with Crippen LogP contribution in [0.3, 0.4) is 0 Å². The molecule has 124 valence electrons. The topological polar surface area (TPSA) is 73.5 Å². The van der Waals surface area contributed by atoms with Gasteiger partial charge in [0.25, 0.3) is 0 Å². The summed E-state index contributed by atoms with van der Waals surface area (Å²) >= 11 is 5.40. The minimum atomic E-state index is -0.788. The van der Waals surface area contributed by atoms with Crippen molar-refractivity contribution in [2.75, 3.05) is 6.61 Å². The van der Waals surface area contributed by atoms with E-state index in [2.05, 4.69) is 10.3 Å². The Labute approximate surface area is 140 Å². The Morgan fingerprint density at radius 2 is 2.17 bits per heavy atom. The fourth-order valence-corrected chi connectivity index (χ4v) is 2.93. The van der Waals surface area contributed by atoms with E-state index in [1.165, 1.54) is 5.54 Å². The highest BCUT2D eigenvalue weighted by atomic mass is 35.5. The van der Waals surface area contributed by atoms with Crippen LogP contribution in [0.4, 0.5) is 0 Å². The lowest BCUT2D eigenvalue weighted by Gasteiger charge is -2.26. The number of hydrogen-bond acceptors (Lipinski definition) is 5. The summed E-state index contributed by atoms with van der Waals surface area (Å²) in [5, 5.41) is 8.06. The first-order chi connectivity index (χ1) is 11.1. The van der Waals surface area contributed by atoms with Crippen LogP contribution in [0.25, 0.3) is 0 Å². The molecule has 7 heteroatoms. The number of hydrogen-bond donors (Lipinski definition) is 0. The maximum Gasteiger partial charge on any atom is 0.149 e. The summed E-state index contributed by atoms with van der Waals surface area (Å²) < 4.78 is 1.71. The lowest BCUT2D eigenvalue weighted by Crippen LogP contribution is -2.38. The van der Waals surface area contributed by atoms with Gasteiger partial charge in [0, 0.05) is 43.2 Å². The average molecular weight is 338 g/mol. The number of oxime groups is 1. The molecular weight excluding hydrogens is 318 g/mol. The van der Waals surface area contributed by atoms with Crippen LogP contribution >= 0.6 is 11.6 Å². The minimum Gasteiger partial charge on any atom is -0.392 e. The van der Waals surface area contributed by atoms with E-state index in [0.29, 0.717) is 25.0 Å². The normalized spacial score (nSPS) is 22.8. The van der Waals surface area contributed by atoms with Crippen molar-refractivity contribution in [1.29, 1.82) is 0 Å². The molecule has 0 saturated heterocycles. The lowest BCUT2D eigenvalue weighted by atomic mass is 9.76. The number of ketones is 2. The second-order valence-electron chi connectivity index (χ2n) is 5.44. The fourth-order valence-electron chi connectivity index (χ4n) is 2.86. The molecule has 0 N–H and O–H groups in total. The Morgan fingerprint density at radius 3 is 2.70 bits per heavy atom. The number of rotatable bonds is 6. The molecule has 0 aliphatic heterocycles. The molecule has 23 heavy (non-hydrogen) atoms. The predicted octanol–water partition coefficient (Wildman–Crippen LogP) is 2.59. The van der Waals surface area contributed by atoms with Gasteiger partial charge in [-0.1, -0.05) is 23.7 Å². The SMILES string of the molecule is CC/C(=N\OCC=CCl)C1C(=O)CC(c2ccnn2C)CC1=O. The van der Waals surface area contributed by atoms with E-state index in [1.807, 2.05) is 20.0 Å². The van der Waals surface area contributed by atoms with Gasteiger partial charge in [0.2, 0.25) is 0 Å². The molecule has 2 rings (SSSR count). The Hall–Kier alpha value is -1.95. The van der Waals surface area contributed by atoms with E-state index in [4.69, 9.17) is 16.4 Å². The molecule has 1 heterocycles. The Kier molecular flexibility index (Phi) is 6.10. The highest BCUT2D eigenvalue weighted by Gasteiger charge is 2.39. The minimum absolute atomic E-state index is 0.107. The summed E-state index contributed by atoms with van der Waals surface area (Å²) in [4.78, 5) is 30.1. The molecule has 1 saturated carbocycles. The van der Waals surface area contributed by atoms with Crippen molar-refractivity contribution in [3.8, 4) is 0 Å². The largest absolute Gasteiger partial charge is 0.392 e. The van der Waals surface area contributed by atoms with Crippen LogP contribution in [0.5, 0.6) is 0 Å². The standard InChI is InChI=1S/C16H20ClN3O3/c1-3-12(19-23-8-4-6-17)16-14(21)9-11(10-15(16)22)13-5-7-18-20(13)2/h4-7,11,16H,3,8-10H2,1-2H3/b6-4?,19-12+. The summed E-state index contributed by atoms with van der Waals surface area (Å²) in [5.41, 5.74) is 2.71. The van der Waals surface area contributed by atoms with Gasteiger partial charge >= 0.3 is 0 Å². The van der Waals surface area contributed by atoms with Crippen LogP contribution in [0.2, 0.25) is 0 Å². The number of nitrogens with zero attached hydrogens (tertiary/aromatic N) is 3. The highest BCUT2D eigenvalue weighted by Crippen LogP contribution is 2.32. The van der Waals surface area contributed by atoms with Gasteiger partial charge in [-0.2, -0.15) is 5.10 Å². The number of carbonyl (C=O) groups excluding carboxylic acids is 2. The first-order valence-electron chi connectivity index (χ1n) is 7.55. The van der Waals surface area contributed by atoms with Crippen molar-refractivity contribution in [3.63, 3.8) is 0 Å². The molecule has 0 atom stereocenters. The van der Waals surface area contributed by atoms with E-state index in [-0.39, 0.29) is 24.1 Å². The lowest BCUT2D eigenvalue weighted by molar-refractivity contribution is -0.133. The van der Waals surface area contributed by atoms with Gasteiger partial charge in [0.05, 0.1) is 5.71 Å². The quantitative estimate of drug-likeness (QED) is 0.346. The summed E-state index contributed by atoms with van der Waals surface area (Å²) in [7, 11) is 1.81. The summed E-state index contributed by atoms with van der Waals surface area (Å²) in [6.45, 7) is 2.06. The van der Waals surface area contributed by atoms with E-state index in [9.17, 15) is 9.59 Å². The molecule has 0 bridgehead atoms. The number of Topliss-reactive ketones (excluding diaryl/α,β-unsaturated/α-hetero) is 2. The van der Waals surface area contributed by atoms with Gasteiger partial charge in [0.1, 0.15) is 24.1 Å². The van der Waals surface area contributed by atoms with Crippen LogP contribution in [0.1, 0.15) is 37.8 Å². The van der Waals surface area contributed by atoms with Crippen LogP contribution in [-0.2, 0) is 21.5 Å². The maximum atomic E-state index is 12.5. The Bertz CT molecular complexity index is 618. The monoisotopic (exact) mass is 337 g/mol. The van der Waals surface area contributed by atoms with Crippen molar-refractivity contribution in [2.45, 2.75) is 32.1 Å². The zero-order valence-corrected chi connectivity index (χ0v) is 14.0. The van der Waals surface area contributed by atoms with Crippen LogP contribution in [0, 0.1) is 5.92 Å². The maximum absolute atomic E-state index is 12.5. The molecule has 1 aromatic heterocycles. The third kappa shape index (κ3) is 4.07. The first-order valence-corrected chi connectivity index (χ1v) is 7.99. The molecular formula is C16H20ClN3O3. The molecule has 0 amide bonds. The first kappa shape index (κ1) is 17.4. The van der Waals surface area contributed by atoms with Crippen LogP contribution in [0.15, 0.2) is 29.0 Å². The zero-order chi connectivity index (χ0) is 16.8. The second-order valence-corrected chi connectivity index (χ2v) is 5.70. The Balaban J connectivity index is 2.11. The zero-order valence-electron chi connectivity index (χ0n) is 13.2. The molecule has 1 aromatic rings. The summed E-state index contributed by atoms with van der Waals surface area (Å²) in [6.07, 6.45) is 4.38. The molecule has 1 aliphatic rings. The second kappa shape index (κ2) is 8.06. The molecule has 0 unspecified atom stereocenters. The third-order valence-electron chi connectivity index (χ3n) is 3.95. The van der Waals surface area contributed by atoms with Crippen LogP contribution < -0.4 is 0 Å². The van der Waals surface area contributed by atoms with E-state index in [0.717, 1.165) is 5.69 Å². The summed E-state index contributed by atoms with van der Waals surface area (Å²) in [5.74, 6) is -1.12. The number of carbonyl (C=O) groups is 2. The number of aryl methyl sites for hydroxylation is 1. The van der Waals surface area contributed by atoms with Gasteiger partial charge < -0.3 is 4.84 Å². The number of aromatic nitrogens is 2. The molecule has 1 fully saturated rings. The van der Waals surface area contributed by atoms with Crippen molar-refractivity contribution in [3.05, 3.63) is 29.6 Å². The fraction of sp³-hybridized carbons (Fsp3) is 0.500. The van der Waals surface area contributed by atoms with Crippen molar-refractivity contribution in [1.82, 2.24) is 9.78 Å². The van der Waals surface area contributed by atoms with Crippen molar-refractivity contribution < 1.29 is 14.4 Å². The molecule has 1 aliphatic carbocycles. The van der Waals surface area contributed by atoms with Crippen molar-refractivity contribution in [2.24, 2.45) is 18.1 Å². The van der Waals surface area contributed by atoms with Gasteiger partial charge in [-0.05, 0) is 18.6 Å². The van der Waals surface area contributed by atoms with Gasteiger partial charge in [-0.25, -0.2) is 0 Å². The van der Waals surface area contributed by atoms with E-state index in [1.54, 1.807) is 17.0 Å².